The first-order valence-electron chi connectivity index (χ1n) is 6.03. The summed E-state index contributed by atoms with van der Waals surface area (Å²) in [6.07, 6.45) is 1.94. The molecule has 100 valence electrons. The van der Waals surface area contributed by atoms with E-state index in [0.717, 1.165) is 25.9 Å². The van der Waals surface area contributed by atoms with E-state index in [9.17, 15) is 9.50 Å². The van der Waals surface area contributed by atoms with Gasteiger partial charge in [-0.2, -0.15) is 4.39 Å². The van der Waals surface area contributed by atoms with Crippen molar-refractivity contribution >= 4 is 0 Å². The van der Waals surface area contributed by atoms with E-state index in [0.29, 0.717) is 11.3 Å². The fourth-order valence-electron chi connectivity index (χ4n) is 2.39. The lowest BCUT2D eigenvalue weighted by Crippen LogP contribution is -2.28. The molecule has 1 saturated heterocycles. The molecule has 5 heteroatoms. The molecule has 0 amide bonds. The summed E-state index contributed by atoms with van der Waals surface area (Å²) in [6, 6.07) is 1.66. The Bertz CT molecular complexity index is 431. The Morgan fingerprint density at radius 3 is 2.72 bits per heavy atom. The highest BCUT2D eigenvalue weighted by atomic mass is 19.1. The summed E-state index contributed by atoms with van der Waals surface area (Å²) in [5.74, 6) is -0.720. The Morgan fingerprint density at radius 1 is 1.39 bits per heavy atom. The van der Waals surface area contributed by atoms with Gasteiger partial charge >= 0.3 is 0 Å². The number of benzene rings is 1. The molecule has 1 fully saturated rings. The molecule has 0 bridgehead atoms. The van der Waals surface area contributed by atoms with E-state index in [2.05, 4.69) is 5.32 Å². The third-order valence-electron chi connectivity index (χ3n) is 3.35. The van der Waals surface area contributed by atoms with E-state index in [-0.39, 0.29) is 17.4 Å². The van der Waals surface area contributed by atoms with Crippen LogP contribution in [0.25, 0.3) is 0 Å². The minimum atomic E-state index is -0.752. The fourth-order valence-corrected chi connectivity index (χ4v) is 2.39. The fraction of sp³-hybridized carbons (Fsp3) is 0.538. The minimum Gasteiger partial charge on any atom is -0.505 e. The van der Waals surface area contributed by atoms with Crippen molar-refractivity contribution in [2.24, 2.45) is 0 Å². The average molecular weight is 255 g/mol. The molecular formula is C13H18FNO3. The molecule has 0 aliphatic carbocycles. The van der Waals surface area contributed by atoms with Crippen LogP contribution in [0.15, 0.2) is 6.07 Å². The topological polar surface area (TPSA) is 50.7 Å². The van der Waals surface area contributed by atoms with Gasteiger partial charge in [-0.15, -0.1) is 0 Å². The third-order valence-corrected chi connectivity index (χ3v) is 3.35. The summed E-state index contributed by atoms with van der Waals surface area (Å²) in [6.45, 7) is 1.70. The van der Waals surface area contributed by atoms with Crippen molar-refractivity contribution in [1.82, 2.24) is 5.32 Å². The van der Waals surface area contributed by atoms with Gasteiger partial charge in [-0.1, -0.05) is 0 Å². The van der Waals surface area contributed by atoms with Crippen molar-refractivity contribution in [3.63, 3.8) is 0 Å². The standard InChI is InChI=1S/C13H18FNO3/c1-17-10-6-9(8-4-3-5-15-7-8)12(16)11(14)13(10)18-2/h6,8,15-16H,3-5,7H2,1-2H3. The highest BCUT2D eigenvalue weighted by molar-refractivity contribution is 5.53. The molecule has 1 aliphatic rings. The largest absolute Gasteiger partial charge is 0.505 e. The van der Waals surface area contributed by atoms with Gasteiger partial charge in [0, 0.05) is 18.0 Å². The molecule has 0 saturated carbocycles. The first-order valence-corrected chi connectivity index (χ1v) is 6.03. The summed E-state index contributed by atoms with van der Waals surface area (Å²) in [5.41, 5.74) is 0.581. The number of ether oxygens (including phenoxy) is 2. The second-order valence-electron chi connectivity index (χ2n) is 4.41. The first-order chi connectivity index (χ1) is 8.69. The maximum absolute atomic E-state index is 14.0. The van der Waals surface area contributed by atoms with Gasteiger partial charge in [0.1, 0.15) is 0 Å². The summed E-state index contributed by atoms with van der Waals surface area (Å²) in [5, 5.41) is 13.2. The van der Waals surface area contributed by atoms with Crippen LogP contribution in [-0.4, -0.2) is 32.4 Å². The summed E-state index contributed by atoms with van der Waals surface area (Å²) in [7, 11) is 2.81. The van der Waals surface area contributed by atoms with Crippen molar-refractivity contribution in [2.75, 3.05) is 27.3 Å². The van der Waals surface area contributed by atoms with Crippen molar-refractivity contribution in [2.45, 2.75) is 18.8 Å². The lowest BCUT2D eigenvalue weighted by molar-refractivity contribution is 0.321. The number of rotatable bonds is 3. The van der Waals surface area contributed by atoms with Crippen LogP contribution in [0.2, 0.25) is 0 Å². The Labute approximate surface area is 106 Å². The molecule has 0 radical (unpaired) electrons. The highest BCUT2D eigenvalue weighted by Gasteiger charge is 2.25. The number of hydrogen-bond acceptors (Lipinski definition) is 4. The molecule has 0 spiro atoms. The number of halogens is 1. The van der Waals surface area contributed by atoms with Crippen LogP contribution in [0.5, 0.6) is 17.2 Å². The molecule has 1 heterocycles. The zero-order valence-electron chi connectivity index (χ0n) is 10.6. The lowest BCUT2D eigenvalue weighted by atomic mass is 9.90. The molecule has 18 heavy (non-hydrogen) atoms. The third kappa shape index (κ3) is 2.22. The number of phenolic OH excluding ortho intramolecular Hbond substituents is 1. The Hall–Kier alpha value is -1.49. The van der Waals surface area contributed by atoms with Gasteiger partial charge in [0.2, 0.25) is 11.6 Å². The number of aromatic hydroxyl groups is 1. The minimum absolute atomic E-state index is 0.0532. The van der Waals surface area contributed by atoms with Gasteiger partial charge in [0.25, 0.3) is 0 Å². The summed E-state index contributed by atoms with van der Waals surface area (Å²) < 4.78 is 24.0. The molecule has 1 atom stereocenters. The molecule has 2 N–H and O–H groups in total. The number of phenols is 1. The number of nitrogens with one attached hydrogen (secondary N) is 1. The van der Waals surface area contributed by atoms with Crippen LogP contribution in [0, 0.1) is 5.82 Å². The van der Waals surface area contributed by atoms with E-state index in [1.165, 1.54) is 14.2 Å². The highest BCUT2D eigenvalue weighted by Crippen LogP contribution is 2.42. The monoisotopic (exact) mass is 255 g/mol. The normalized spacial score (nSPS) is 19.6. The maximum Gasteiger partial charge on any atom is 0.210 e. The smallest absolute Gasteiger partial charge is 0.210 e. The average Bonchev–Trinajstić information content (AvgIpc) is 2.42. The Morgan fingerprint density at radius 2 is 2.17 bits per heavy atom. The molecule has 2 rings (SSSR count). The Balaban J connectivity index is 2.44. The summed E-state index contributed by atoms with van der Waals surface area (Å²) in [4.78, 5) is 0. The van der Waals surface area contributed by atoms with E-state index in [1.807, 2.05) is 0 Å². The van der Waals surface area contributed by atoms with Gasteiger partial charge in [-0.3, -0.25) is 0 Å². The van der Waals surface area contributed by atoms with Gasteiger partial charge in [-0.25, -0.2) is 0 Å². The predicted octanol–water partition coefficient (Wildman–Crippen LogP) is 2.02. The van der Waals surface area contributed by atoms with Crippen molar-refractivity contribution < 1.29 is 19.0 Å². The quantitative estimate of drug-likeness (QED) is 0.867. The zero-order chi connectivity index (χ0) is 13.1. The van der Waals surface area contributed by atoms with Crippen LogP contribution in [0.3, 0.4) is 0 Å². The van der Waals surface area contributed by atoms with Gasteiger partial charge < -0.3 is 19.9 Å². The number of hydrogen-bond donors (Lipinski definition) is 2. The molecule has 4 nitrogen and oxygen atoms in total. The van der Waals surface area contributed by atoms with Gasteiger partial charge in [0.15, 0.2) is 11.5 Å². The maximum atomic E-state index is 14.0. The molecule has 1 aromatic carbocycles. The van der Waals surface area contributed by atoms with E-state index in [4.69, 9.17) is 9.47 Å². The van der Waals surface area contributed by atoms with Gasteiger partial charge in [-0.05, 0) is 25.5 Å². The lowest BCUT2D eigenvalue weighted by Gasteiger charge is -2.25. The second-order valence-corrected chi connectivity index (χ2v) is 4.41. The predicted molar refractivity (Wildman–Crippen MR) is 66.0 cm³/mol. The van der Waals surface area contributed by atoms with Crippen LogP contribution in [-0.2, 0) is 0 Å². The molecule has 0 aromatic heterocycles. The van der Waals surface area contributed by atoms with E-state index in [1.54, 1.807) is 6.07 Å². The van der Waals surface area contributed by atoms with Crippen molar-refractivity contribution in [1.29, 1.82) is 0 Å². The second kappa shape index (κ2) is 5.44. The zero-order valence-corrected chi connectivity index (χ0v) is 10.6. The molecule has 1 unspecified atom stereocenters. The number of piperidine rings is 1. The van der Waals surface area contributed by atoms with Crippen molar-refractivity contribution in [3.05, 3.63) is 17.4 Å². The van der Waals surface area contributed by atoms with Crippen LogP contribution in [0.1, 0.15) is 24.3 Å². The first kappa shape index (κ1) is 13.0. The summed E-state index contributed by atoms with van der Waals surface area (Å²) >= 11 is 0. The van der Waals surface area contributed by atoms with E-state index < -0.39 is 5.82 Å². The molecule has 1 aromatic rings. The van der Waals surface area contributed by atoms with Gasteiger partial charge in [0.05, 0.1) is 14.2 Å². The van der Waals surface area contributed by atoms with Crippen LogP contribution < -0.4 is 14.8 Å². The Kier molecular flexibility index (Phi) is 3.91. The SMILES string of the molecule is COc1cc(C2CCCNC2)c(O)c(F)c1OC. The van der Waals surface area contributed by atoms with Crippen molar-refractivity contribution in [3.8, 4) is 17.2 Å². The van der Waals surface area contributed by atoms with E-state index >= 15 is 0 Å². The molecule has 1 aliphatic heterocycles. The van der Waals surface area contributed by atoms with Crippen LogP contribution >= 0.6 is 0 Å². The van der Waals surface area contributed by atoms with Crippen LogP contribution in [0.4, 0.5) is 4.39 Å². The molecular weight excluding hydrogens is 237 g/mol. The number of methoxy groups -OCH3 is 2.